The van der Waals surface area contributed by atoms with Crippen molar-refractivity contribution in [3.8, 4) is 23.1 Å². The van der Waals surface area contributed by atoms with Crippen LogP contribution in [-0.4, -0.2) is 49.2 Å². The van der Waals surface area contributed by atoms with Gasteiger partial charge in [-0.2, -0.15) is 10.2 Å². The molecule has 0 radical (unpaired) electrons. The predicted octanol–water partition coefficient (Wildman–Crippen LogP) is 4.30. The maximum absolute atomic E-state index is 12.9. The number of fused-ring (bicyclic) bond motifs is 2. The molecule has 9 nitrogen and oxygen atoms in total. The number of rotatable bonds is 6. The Kier molecular flexibility index (Phi) is 5.51. The molecule has 1 fully saturated rings. The Labute approximate surface area is 194 Å². The van der Waals surface area contributed by atoms with Crippen molar-refractivity contribution in [2.24, 2.45) is 5.41 Å². The minimum Gasteiger partial charge on any atom is -0.479 e. The van der Waals surface area contributed by atoms with Crippen LogP contribution in [0.3, 0.4) is 0 Å². The van der Waals surface area contributed by atoms with E-state index in [1.165, 1.54) is 4.68 Å². The second-order valence-electron chi connectivity index (χ2n) is 8.92. The van der Waals surface area contributed by atoms with E-state index in [1.54, 1.807) is 23.8 Å². The SMILES string of the molecule is COc1nc(N[C@H]2CC[C@](C)(C#N)CC2)nn2ccc(-c3ccc4nnn(CC(F)F)c4c3)c12. The number of aromatic nitrogens is 6. The zero-order chi connectivity index (χ0) is 23.9. The van der Waals surface area contributed by atoms with Crippen LogP contribution in [0.25, 0.3) is 27.7 Å². The van der Waals surface area contributed by atoms with E-state index >= 15 is 0 Å². The fourth-order valence-corrected chi connectivity index (χ4v) is 4.52. The first kappa shape index (κ1) is 22.0. The third-order valence-corrected chi connectivity index (χ3v) is 6.50. The molecule has 1 aliphatic rings. The minimum absolute atomic E-state index is 0.184. The van der Waals surface area contributed by atoms with Gasteiger partial charge in [-0.1, -0.05) is 11.3 Å². The van der Waals surface area contributed by atoms with Gasteiger partial charge in [-0.05, 0) is 56.4 Å². The highest BCUT2D eigenvalue weighted by Crippen LogP contribution is 2.37. The third-order valence-electron chi connectivity index (χ3n) is 6.50. The molecule has 1 aliphatic carbocycles. The zero-order valence-electron chi connectivity index (χ0n) is 18.9. The molecule has 4 aromatic rings. The van der Waals surface area contributed by atoms with Gasteiger partial charge >= 0.3 is 0 Å². The highest BCUT2D eigenvalue weighted by atomic mass is 19.3. The van der Waals surface area contributed by atoms with Crippen LogP contribution in [-0.2, 0) is 6.54 Å². The number of ether oxygens (including phenoxy) is 1. The van der Waals surface area contributed by atoms with Crippen LogP contribution in [0.1, 0.15) is 32.6 Å². The summed E-state index contributed by atoms with van der Waals surface area (Å²) in [5.74, 6) is 0.848. The average Bonchev–Trinajstić information content (AvgIpc) is 3.44. The summed E-state index contributed by atoms with van der Waals surface area (Å²) in [7, 11) is 1.55. The van der Waals surface area contributed by atoms with Crippen LogP contribution in [0.15, 0.2) is 30.5 Å². The molecule has 0 bridgehead atoms. The van der Waals surface area contributed by atoms with Gasteiger partial charge < -0.3 is 10.1 Å². The second kappa shape index (κ2) is 8.52. The summed E-state index contributed by atoms with van der Waals surface area (Å²) in [5, 5.41) is 25.2. The number of alkyl halides is 2. The first-order valence-electron chi connectivity index (χ1n) is 11.1. The van der Waals surface area contributed by atoms with Gasteiger partial charge in [0.15, 0.2) is 0 Å². The smallest absolute Gasteiger partial charge is 0.258 e. The number of nitriles is 1. The molecule has 0 saturated heterocycles. The van der Waals surface area contributed by atoms with Gasteiger partial charge in [0, 0.05) is 17.8 Å². The molecular weight excluding hydrogens is 442 g/mol. The molecule has 34 heavy (non-hydrogen) atoms. The number of benzene rings is 1. The van der Waals surface area contributed by atoms with E-state index in [9.17, 15) is 14.0 Å². The molecule has 0 atom stereocenters. The quantitative estimate of drug-likeness (QED) is 0.452. The molecule has 0 amide bonds. The minimum atomic E-state index is -2.53. The largest absolute Gasteiger partial charge is 0.479 e. The molecule has 1 N–H and O–H groups in total. The fourth-order valence-electron chi connectivity index (χ4n) is 4.52. The Morgan fingerprint density at radius 2 is 2.09 bits per heavy atom. The summed E-state index contributed by atoms with van der Waals surface area (Å²) >= 11 is 0. The normalized spacial score (nSPS) is 20.6. The van der Waals surface area contributed by atoms with Crippen molar-refractivity contribution in [2.75, 3.05) is 12.4 Å². The number of hydrogen-bond acceptors (Lipinski definition) is 7. The van der Waals surface area contributed by atoms with Gasteiger partial charge in [0.1, 0.15) is 17.6 Å². The monoisotopic (exact) mass is 466 g/mol. The van der Waals surface area contributed by atoms with Crippen LogP contribution in [0.4, 0.5) is 14.7 Å². The average molecular weight is 466 g/mol. The van der Waals surface area contributed by atoms with E-state index in [1.807, 2.05) is 25.3 Å². The molecule has 1 aromatic carbocycles. The van der Waals surface area contributed by atoms with E-state index in [-0.39, 0.29) is 11.5 Å². The van der Waals surface area contributed by atoms with Gasteiger partial charge in [0.05, 0.1) is 24.1 Å². The number of hydrogen-bond donors (Lipinski definition) is 1. The van der Waals surface area contributed by atoms with Crippen LogP contribution in [0, 0.1) is 16.7 Å². The van der Waals surface area contributed by atoms with Crippen molar-refractivity contribution in [2.45, 2.75) is 51.6 Å². The van der Waals surface area contributed by atoms with Gasteiger partial charge in [0.2, 0.25) is 11.8 Å². The summed E-state index contributed by atoms with van der Waals surface area (Å²) in [4.78, 5) is 4.58. The van der Waals surface area contributed by atoms with Crippen molar-refractivity contribution in [3.05, 3.63) is 30.5 Å². The standard InChI is InChI=1S/C23H24F2N8O/c1-23(13-26)8-5-15(6-9-23)27-22-28-21(34-2)20-16(7-10-32(20)30-22)14-3-4-17-18(11-14)33(31-29-17)12-19(24)25/h3-4,7,10-11,15,19H,5-6,8-9,12H2,1-2H3,(H,27,30)/t15-,23-. The molecule has 0 unspecified atom stereocenters. The maximum atomic E-state index is 12.9. The highest BCUT2D eigenvalue weighted by molar-refractivity contribution is 5.89. The predicted molar refractivity (Wildman–Crippen MR) is 122 cm³/mol. The number of nitrogens with zero attached hydrogens (tertiary/aromatic N) is 7. The first-order chi connectivity index (χ1) is 16.4. The Bertz CT molecular complexity index is 1380. The molecule has 0 spiro atoms. The van der Waals surface area contributed by atoms with E-state index in [0.29, 0.717) is 28.4 Å². The van der Waals surface area contributed by atoms with Crippen molar-refractivity contribution in [3.63, 3.8) is 0 Å². The molecule has 11 heteroatoms. The van der Waals surface area contributed by atoms with Crippen LogP contribution in [0.2, 0.25) is 0 Å². The molecule has 0 aliphatic heterocycles. The van der Waals surface area contributed by atoms with Gasteiger partial charge in [-0.3, -0.25) is 0 Å². The van der Waals surface area contributed by atoms with Crippen LogP contribution in [0.5, 0.6) is 5.88 Å². The highest BCUT2D eigenvalue weighted by Gasteiger charge is 2.31. The summed E-state index contributed by atoms with van der Waals surface area (Å²) < 4.78 is 34.3. The third kappa shape index (κ3) is 4.00. The lowest BCUT2D eigenvalue weighted by atomic mass is 9.75. The van der Waals surface area contributed by atoms with Gasteiger partial charge in [-0.25, -0.2) is 18.0 Å². The Hall–Kier alpha value is -3.81. The fraction of sp³-hybridized carbons (Fsp3) is 0.435. The molecule has 5 rings (SSSR count). The Morgan fingerprint density at radius 3 is 2.79 bits per heavy atom. The van der Waals surface area contributed by atoms with Gasteiger partial charge in [0.25, 0.3) is 6.43 Å². The summed E-state index contributed by atoms with van der Waals surface area (Å²) in [6.07, 6.45) is 2.67. The molecule has 3 heterocycles. The lowest BCUT2D eigenvalue weighted by molar-refractivity contribution is 0.122. The van der Waals surface area contributed by atoms with E-state index in [0.717, 1.165) is 36.8 Å². The molecule has 1 saturated carbocycles. The second-order valence-corrected chi connectivity index (χ2v) is 8.92. The van der Waals surface area contributed by atoms with Crippen LogP contribution >= 0.6 is 0 Å². The van der Waals surface area contributed by atoms with Crippen molar-refractivity contribution < 1.29 is 13.5 Å². The molecular formula is C23H24F2N8O. The van der Waals surface area contributed by atoms with Crippen molar-refractivity contribution >= 4 is 22.5 Å². The molecule has 176 valence electrons. The first-order valence-corrected chi connectivity index (χ1v) is 11.1. The summed E-state index contributed by atoms with van der Waals surface area (Å²) in [6, 6.07) is 9.89. The number of anilines is 1. The topological polar surface area (TPSA) is 106 Å². The number of methoxy groups -OCH3 is 1. The molecule has 3 aromatic heterocycles. The van der Waals surface area contributed by atoms with Gasteiger partial charge in [-0.15, -0.1) is 10.2 Å². The summed E-state index contributed by atoms with van der Waals surface area (Å²) in [6.45, 7) is 1.48. The Balaban J connectivity index is 1.47. The number of halogens is 2. The van der Waals surface area contributed by atoms with Crippen molar-refractivity contribution in [1.29, 1.82) is 5.26 Å². The van der Waals surface area contributed by atoms with E-state index in [2.05, 4.69) is 31.8 Å². The maximum Gasteiger partial charge on any atom is 0.258 e. The van der Waals surface area contributed by atoms with Crippen molar-refractivity contribution in [1.82, 2.24) is 29.6 Å². The zero-order valence-corrected chi connectivity index (χ0v) is 18.9. The summed E-state index contributed by atoms with van der Waals surface area (Å²) in [5.41, 5.74) is 3.06. The van der Waals surface area contributed by atoms with E-state index in [4.69, 9.17) is 4.74 Å². The lowest BCUT2D eigenvalue weighted by Gasteiger charge is -2.32. The Morgan fingerprint density at radius 1 is 1.29 bits per heavy atom. The lowest BCUT2D eigenvalue weighted by Crippen LogP contribution is -2.31. The van der Waals surface area contributed by atoms with Crippen LogP contribution < -0.4 is 10.1 Å². The van der Waals surface area contributed by atoms with E-state index < -0.39 is 13.0 Å². The number of nitrogens with one attached hydrogen (secondary N) is 1.